The van der Waals surface area contributed by atoms with Gasteiger partial charge in [0.05, 0.1) is 0 Å². The third-order valence-electron chi connectivity index (χ3n) is 5.05. The van der Waals surface area contributed by atoms with E-state index in [1.54, 1.807) is 6.08 Å². The Morgan fingerprint density at radius 2 is 1.36 bits per heavy atom. The van der Waals surface area contributed by atoms with E-state index in [-0.39, 0.29) is 0 Å². The highest BCUT2D eigenvalue weighted by molar-refractivity contribution is 5.65. The van der Waals surface area contributed by atoms with Crippen molar-refractivity contribution in [1.29, 1.82) is 0 Å². The molecule has 0 heterocycles. The van der Waals surface area contributed by atoms with Gasteiger partial charge in [0.15, 0.2) is 0 Å². The maximum Gasteiger partial charge on any atom is 0.0328 e. The van der Waals surface area contributed by atoms with Crippen molar-refractivity contribution in [3.63, 3.8) is 0 Å². The Bertz CT molecular complexity index is 805. The maximum atomic E-state index is 5.28. The van der Waals surface area contributed by atoms with Crippen LogP contribution in [0.1, 0.15) is 49.1 Å². The summed E-state index contributed by atoms with van der Waals surface area (Å²) in [6.07, 6.45) is 11.9. The Morgan fingerprint density at radius 1 is 0.821 bits per heavy atom. The van der Waals surface area contributed by atoms with Crippen LogP contribution in [0.2, 0.25) is 0 Å². The van der Waals surface area contributed by atoms with E-state index in [0.717, 1.165) is 5.92 Å². The second-order valence-electron chi connectivity index (χ2n) is 7.21. The average Bonchev–Trinajstić information content (AvgIpc) is 2.74. The largest absolute Gasteiger partial charge is 0.399 e. The Balaban J connectivity index is 0.000000300. The second-order valence-corrected chi connectivity index (χ2v) is 7.21. The molecule has 0 aliphatic heterocycles. The average molecular weight is 373 g/mol. The first-order valence-electron chi connectivity index (χ1n) is 9.90. The van der Waals surface area contributed by atoms with E-state index in [1.165, 1.54) is 60.4 Å². The van der Waals surface area contributed by atoms with Crippen molar-refractivity contribution >= 4 is 6.08 Å². The van der Waals surface area contributed by atoms with Gasteiger partial charge in [-0.1, -0.05) is 93.6 Å². The molecule has 0 bridgehead atoms. The fourth-order valence-electron chi connectivity index (χ4n) is 3.47. The third-order valence-corrected chi connectivity index (χ3v) is 5.05. The third kappa shape index (κ3) is 6.62. The fraction of sp³-hybridized carbons (Fsp3) is 0.231. The normalized spacial score (nSPS) is 14.5. The van der Waals surface area contributed by atoms with Crippen molar-refractivity contribution in [3.05, 3.63) is 103 Å². The van der Waals surface area contributed by atoms with E-state index < -0.39 is 0 Å². The Kier molecular flexibility index (Phi) is 8.36. The van der Waals surface area contributed by atoms with Gasteiger partial charge >= 0.3 is 0 Å². The van der Waals surface area contributed by atoms with Gasteiger partial charge in [-0.25, -0.2) is 0 Å². The minimum atomic E-state index is 0.447. The number of rotatable bonds is 5. The molecular weight excluding hydrogens is 340 g/mol. The van der Waals surface area contributed by atoms with Gasteiger partial charge in [0.2, 0.25) is 0 Å². The summed E-state index contributed by atoms with van der Waals surface area (Å²) in [5, 5.41) is 0. The molecule has 0 spiro atoms. The van der Waals surface area contributed by atoms with E-state index in [0.29, 0.717) is 11.4 Å². The highest BCUT2D eigenvalue weighted by Gasteiger charge is 2.15. The molecule has 2 aromatic rings. The van der Waals surface area contributed by atoms with Crippen LogP contribution in [0.15, 0.2) is 91.8 Å². The van der Waals surface area contributed by atoms with E-state index in [2.05, 4.69) is 68.3 Å². The Labute approximate surface area is 170 Å². The molecule has 0 unspecified atom stereocenters. The summed E-state index contributed by atoms with van der Waals surface area (Å²) in [6.45, 7) is 10.6. The number of nitrogens with two attached hydrogens (primary N) is 2. The molecule has 1 saturated carbocycles. The van der Waals surface area contributed by atoms with Gasteiger partial charge in [-0.2, -0.15) is 0 Å². The lowest BCUT2D eigenvalue weighted by atomic mass is 9.84. The maximum absolute atomic E-state index is 5.28. The standard InChI is InChI=1S/C20H22.C6H10N2/c1-2-16-8-10-18(11-9-16)20-14-12-19(13-15-20)17-6-4-3-5-7-17;1-3-6(8)4-5(2)7/h2,8-15,17H,1,3-7H2;3-4H,1-2,7-8H2/b;6-4+. The van der Waals surface area contributed by atoms with Crippen LogP contribution >= 0.6 is 0 Å². The van der Waals surface area contributed by atoms with Crippen molar-refractivity contribution in [3.8, 4) is 11.1 Å². The minimum absolute atomic E-state index is 0.447. The molecule has 2 nitrogen and oxygen atoms in total. The molecule has 0 aromatic heterocycles. The van der Waals surface area contributed by atoms with Crippen LogP contribution in [0.3, 0.4) is 0 Å². The van der Waals surface area contributed by atoms with Crippen molar-refractivity contribution in [2.45, 2.75) is 38.0 Å². The first-order chi connectivity index (χ1) is 13.5. The monoisotopic (exact) mass is 372 g/mol. The molecule has 2 heteroatoms. The number of hydrogen-bond donors (Lipinski definition) is 2. The molecule has 4 N–H and O–H groups in total. The van der Waals surface area contributed by atoms with Crippen LogP contribution in [-0.4, -0.2) is 0 Å². The molecule has 2 aromatic carbocycles. The number of benzene rings is 2. The second kappa shape index (κ2) is 11.0. The van der Waals surface area contributed by atoms with Crippen LogP contribution in [-0.2, 0) is 0 Å². The molecule has 1 fully saturated rings. The van der Waals surface area contributed by atoms with Crippen molar-refractivity contribution in [1.82, 2.24) is 0 Å². The van der Waals surface area contributed by atoms with Gasteiger partial charge in [-0.15, -0.1) is 0 Å². The van der Waals surface area contributed by atoms with Crippen LogP contribution in [0.4, 0.5) is 0 Å². The summed E-state index contributed by atoms with van der Waals surface area (Å²) in [4.78, 5) is 0. The van der Waals surface area contributed by atoms with Crippen molar-refractivity contribution in [2.75, 3.05) is 0 Å². The first kappa shape index (κ1) is 21.3. The smallest absolute Gasteiger partial charge is 0.0328 e. The zero-order chi connectivity index (χ0) is 20.4. The molecule has 146 valence electrons. The van der Waals surface area contributed by atoms with E-state index in [9.17, 15) is 0 Å². The predicted molar refractivity (Wildman–Crippen MR) is 124 cm³/mol. The minimum Gasteiger partial charge on any atom is -0.399 e. The van der Waals surface area contributed by atoms with Crippen LogP contribution in [0, 0.1) is 0 Å². The van der Waals surface area contributed by atoms with E-state index >= 15 is 0 Å². The fourth-order valence-corrected chi connectivity index (χ4v) is 3.47. The lowest BCUT2D eigenvalue weighted by molar-refractivity contribution is 0.443. The van der Waals surface area contributed by atoms with E-state index in [4.69, 9.17) is 11.5 Å². The van der Waals surface area contributed by atoms with Crippen LogP contribution < -0.4 is 11.5 Å². The molecule has 3 rings (SSSR count). The molecular formula is C26H32N2. The summed E-state index contributed by atoms with van der Waals surface area (Å²) in [6, 6.07) is 17.8. The summed E-state index contributed by atoms with van der Waals surface area (Å²) in [5.41, 5.74) is 16.7. The van der Waals surface area contributed by atoms with Crippen LogP contribution in [0.25, 0.3) is 17.2 Å². The SMILES string of the molecule is C=C/C(N)=C\C(=C)N.C=Cc1ccc(-c2ccc(C3CCCCC3)cc2)cc1. The summed E-state index contributed by atoms with van der Waals surface area (Å²) in [7, 11) is 0. The first-order valence-corrected chi connectivity index (χ1v) is 9.90. The predicted octanol–water partition coefficient (Wildman–Crippen LogP) is 6.53. The van der Waals surface area contributed by atoms with Crippen molar-refractivity contribution in [2.24, 2.45) is 11.5 Å². The molecule has 1 aliphatic rings. The number of hydrogen-bond acceptors (Lipinski definition) is 2. The van der Waals surface area contributed by atoms with Gasteiger partial charge in [-0.3, -0.25) is 0 Å². The lowest BCUT2D eigenvalue weighted by Gasteiger charge is -2.22. The molecule has 0 atom stereocenters. The zero-order valence-corrected chi connectivity index (χ0v) is 16.7. The van der Waals surface area contributed by atoms with Gasteiger partial charge in [0, 0.05) is 11.4 Å². The zero-order valence-electron chi connectivity index (χ0n) is 16.7. The molecule has 1 aliphatic carbocycles. The molecule has 0 radical (unpaired) electrons. The molecule has 0 amide bonds. The quantitative estimate of drug-likeness (QED) is 0.586. The Morgan fingerprint density at radius 3 is 1.79 bits per heavy atom. The Hall–Kier alpha value is -3.00. The van der Waals surface area contributed by atoms with Gasteiger partial charge in [-0.05, 0) is 53.2 Å². The van der Waals surface area contributed by atoms with Gasteiger partial charge < -0.3 is 11.5 Å². The summed E-state index contributed by atoms with van der Waals surface area (Å²) < 4.78 is 0. The molecule has 0 saturated heterocycles. The topological polar surface area (TPSA) is 52.0 Å². The lowest BCUT2D eigenvalue weighted by Crippen LogP contribution is -2.04. The summed E-state index contributed by atoms with van der Waals surface area (Å²) in [5.74, 6) is 0.793. The highest BCUT2D eigenvalue weighted by Crippen LogP contribution is 2.33. The number of allylic oxidation sites excluding steroid dienone is 2. The van der Waals surface area contributed by atoms with Gasteiger partial charge in [0.25, 0.3) is 0 Å². The molecule has 28 heavy (non-hydrogen) atoms. The highest BCUT2D eigenvalue weighted by atomic mass is 14.6. The summed E-state index contributed by atoms with van der Waals surface area (Å²) >= 11 is 0. The van der Waals surface area contributed by atoms with Crippen LogP contribution in [0.5, 0.6) is 0 Å². The van der Waals surface area contributed by atoms with Gasteiger partial charge in [0.1, 0.15) is 0 Å². The van der Waals surface area contributed by atoms with Crippen molar-refractivity contribution < 1.29 is 0 Å². The van der Waals surface area contributed by atoms with E-state index in [1.807, 2.05) is 6.08 Å².